The van der Waals surface area contributed by atoms with E-state index in [1.165, 1.54) is 19.3 Å². The van der Waals surface area contributed by atoms with Crippen LogP contribution in [0.5, 0.6) is 0 Å². The number of ketones is 1. The number of carbonyl (C=O) groups excluding carboxylic acids is 1. The van der Waals surface area contributed by atoms with Crippen molar-refractivity contribution in [3.63, 3.8) is 0 Å². The summed E-state index contributed by atoms with van der Waals surface area (Å²) in [5.41, 5.74) is 9.92. The molecule has 2 N–H and O–H groups in total. The lowest BCUT2D eigenvalue weighted by molar-refractivity contribution is -0.118. The van der Waals surface area contributed by atoms with Gasteiger partial charge in [0.1, 0.15) is 5.82 Å². The third-order valence-corrected chi connectivity index (χ3v) is 6.56. The smallest absolute Gasteiger partial charge is 0.161 e. The maximum atomic E-state index is 13.4. The van der Waals surface area contributed by atoms with Crippen LogP contribution in [0, 0.1) is 28.6 Å². The molecule has 3 aliphatic rings. The van der Waals surface area contributed by atoms with Crippen molar-refractivity contribution in [2.24, 2.45) is 23.0 Å². The van der Waals surface area contributed by atoms with Crippen molar-refractivity contribution in [3.05, 3.63) is 53.0 Å². The van der Waals surface area contributed by atoms with Crippen molar-refractivity contribution in [1.29, 1.82) is 5.26 Å². The van der Waals surface area contributed by atoms with Gasteiger partial charge in [0.2, 0.25) is 0 Å². The summed E-state index contributed by atoms with van der Waals surface area (Å²) < 4.78 is 0. The van der Waals surface area contributed by atoms with E-state index in [2.05, 4.69) is 19.9 Å². The number of nitriles is 1. The molecule has 2 aliphatic carbocycles. The first-order valence-electron chi connectivity index (χ1n) is 10.4. The third kappa shape index (κ3) is 3.13. The topological polar surface area (TPSA) is 70.1 Å². The van der Waals surface area contributed by atoms with Gasteiger partial charge in [0.25, 0.3) is 0 Å². The highest BCUT2D eigenvalue weighted by molar-refractivity contribution is 6.00. The van der Waals surface area contributed by atoms with E-state index >= 15 is 0 Å². The predicted molar refractivity (Wildman–Crippen MR) is 111 cm³/mol. The van der Waals surface area contributed by atoms with Crippen LogP contribution in [-0.4, -0.2) is 5.78 Å². The molecule has 4 nitrogen and oxygen atoms in total. The second-order valence-corrected chi connectivity index (χ2v) is 9.26. The molecule has 0 bridgehead atoms. The van der Waals surface area contributed by atoms with E-state index in [-0.39, 0.29) is 17.1 Å². The van der Waals surface area contributed by atoms with Crippen LogP contribution in [0.25, 0.3) is 0 Å². The van der Waals surface area contributed by atoms with Crippen molar-refractivity contribution in [2.75, 3.05) is 4.90 Å². The fraction of sp³-hybridized carbons (Fsp3) is 0.500. The normalized spacial score (nSPS) is 25.5. The fourth-order valence-corrected chi connectivity index (χ4v) is 5.36. The maximum Gasteiger partial charge on any atom is 0.161 e. The molecule has 28 heavy (non-hydrogen) atoms. The van der Waals surface area contributed by atoms with E-state index in [9.17, 15) is 10.1 Å². The minimum atomic E-state index is -0.135. The molecule has 0 saturated heterocycles. The highest BCUT2D eigenvalue weighted by Crippen LogP contribution is 2.50. The molecule has 0 radical (unpaired) electrons. The van der Waals surface area contributed by atoms with E-state index in [0.29, 0.717) is 23.7 Å². The van der Waals surface area contributed by atoms with Gasteiger partial charge in [-0.15, -0.1) is 0 Å². The quantitative estimate of drug-likeness (QED) is 0.786. The monoisotopic (exact) mass is 375 g/mol. The first-order valence-corrected chi connectivity index (χ1v) is 10.4. The Kier molecular flexibility index (Phi) is 4.79. The number of anilines is 1. The Hall–Kier alpha value is -2.54. The number of Topliss-reactive ketones (excluding diaryl/α,β-unsaturated/α-hetero) is 1. The van der Waals surface area contributed by atoms with E-state index in [1.54, 1.807) is 0 Å². The molecule has 146 valence electrons. The number of rotatable bonds is 2. The highest BCUT2D eigenvalue weighted by atomic mass is 16.1. The molecule has 0 amide bonds. The summed E-state index contributed by atoms with van der Waals surface area (Å²) in [4.78, 5) is 15.4. The van der Waals surface area contributed by atoms with E-state index in [1.807, 2.05) is 35.2 Å². The molecule has 4 heteroatoms. The zero-order valence-corrected chi connectivity index (χ0v) is 16.9. The summed E-state index contributed by atoms with van der Waals surface area (Å²) in [5.74, 6) is 0.912. The molecule has 1 saturated carbocycles. The molecule has 1 fully saturated rings. The van der Waals surface area contributed by atoms with Crippen molar-refractivity contribution < 1.29 is 4.79 Å². The molecular weight excluding hydrogens is 346 g/mol. The van der Waals surface area contributed by atoms with Crippen LogP contribution in [0.3, 0.4) is 0 Å². The van der Waals surface area contributed by atoms with Crippen LogP contribution in [0.1, 0.15) is 58.8 Å². The molecule has 1 aromatic rings. The number of allylic oxidation sites excluding steroid dienone is 3. The second-order valence-electron chi connectivity index (χ2n) is 9.26. The number of hydrogen-bond donors (Lipinski definition) is 1. The number of hydrogen-bond acceptors (Lipinski definition) is 4. The van der Waals surface area contributed by atoms with E-state index in [0.717, 1.165) is 36.2 Å². The Morgan fingerprint density at radius 2 is 1.79 bits per heavy atom. The number of carbonyl (C=O) groups is 1. The van der Waals surface area contributed by atoms with Crippen molar-refractivity contribution in [2.45, 2.75) is 58.8 Å². The molecular formula is C24H29N3O. The number of para-hydroxylation sites is 1. The van der Waals surface area contributed by atoms with Gasteiger partial charge in [0, 0.05) is 29.3 Å². The molecule has 0 aromatic heterocycles. The van der Waals surface area contributed by atoms with Gasteiger partial charge in [-0.2, -0.15) is 5.26 Å². The molecule has 1 atom stereocenters. The molecule has 1 aliphatic heterocycles. The van der Waals surface area contributed by atoms with E-state index in [4.69, 9.17) is 5.73 Å². The summed E-state index contributed by atoms with van der Waals surface area (Å²) >= 11 is 0. The Labute approximate surface area is 167 Å². The zero-order chi connectivity index (χ0) is 19.9. The van der Waals surface area contributed by atoms with Crippen molar-refractivity contribution in [1.82, 2.24) is 0 Å². The Bertz CT molecular complexity index is 882. The average molecular weight is 376 g/mol. The number of nitrogens with zero attached hydrogens (tertiary/aromatic N) is 2. The number of benzene rings is 1. The van der Waals surface area contributed by atoms with E-state index < -0.39 is 0 Å². The summed E-state index contributed by atoms with van der Waals surface area (Å²) in [5, 5.41) is 10.1. The van der Waals surface area contributed by atoms with Gasteiger partial charge in [0.15, 0.2) is 5.78 Å². The summed E-state index contributed by atoms with van der Waals surface area (Å²) in [6, 6.07) is 12.3. The van der Waals surface area contributed by atoms with Gasteiger partial charge < -0.3 is 5.73 Å². The van der Waals surface area contributed by atoms with Gasteiger partial charge >= 0.3 is 0 Å². The molecule has 1 aromatic carbocycles. The van der Waals surface area contributed by atoms with Gasteiger partial charge in [-0.05, 0) is 42.7 Å². The van der Waals surface area contributed by atoms with Gasteiger partial charge in [0.05, 0.1) is 11.6 Å². The van der Waals surface area contributed by atoms with Crippen molar-refractivity contribution >= 4 is 11.5 Å². The fourth-order valence-electron chi connectivity index (χ4n) is 5.36. The standard InChI is InChI=1S/C24H29N3O/c1-24(2)13-19-22(20(28)14-24)21(16-9-5-3-6-10-16)18(15-25)23(26)27(19)17-11-7-4-8-12-17/h4,7-8,11-12,16,21H,3,5-6,9-10,13-14,26H2,1-2H3. The molecule has 4 rings (SSSR count). The van der Waals surface area contributed by atoms with Crippen molar-refractivity contribution in [3.8, 4) is 6.07 Å². The highest BCUT2D eigenvalue weighted by Gasteiger charge is 2.46. The Morgan fingerprint density at radius 3 is 2.43 bits per heavy atom. The van der Waals surface area contributed by atoms with Crippen LogP contribution in [0.2, 0.25) is 0 Å². The molecule has 1 heterocycles. The second kappa shape index (κ2) is 7.13. The van der Waals surface area contributed by atoms with Gasteiger partial charge in [-0.1, -0.05) is 51.3 Å². The van der Waals surface area contributed by atoms with Crippen LogP contribution >= 0.6 is 0 Å². The predicted octanol–water partition coefficient (Wildman–Crippen LogP) is 5.04. The van der Waals surface area contributed by atoms with Gasteiger partial charge in [-0.25, -0.2) is 0 Å². The minimum Gasteiger partial charge on any atom is -0.384 e. The number of nitrogens with two attached hydrogens (primary N) is 1. The summed E-state index contributed by atoms with van der Waals surface area (Å²) in [6.45, 7) is 4.29. The molecule has 0 spiro atoms. The van der Waals surface area contributed by atoms with Crippen LogP contribution in [0.4, 0.5) is 5.69 Å². The Balaban J connectivity index is 1.91. The lowest BCUT2D eigenvalue weighted by atomic mass is 9.65. The molecule has 1 unspecified atom stereocenters. The minimum absolute atomic E-state index is 0.107. The third-order valence-electron chi connectivity index (χ3n) is 6.56. The lowest BCUT2D eigenvalue weighted by Crippen LogP contribution is -2.44. The lowest BCUT2D eigenvalue weighted by Gasteiger charge is -2.45. The Morgan fingerprint density at radius 1 is 1.11 bits per heavy atom. The SMILES string of the molecule is CC1(C)CC(=O)C2=C(C1)N(c1ccccc1)C(N)=C(C#N)C2C1CCCCC1. The zero-order valence-electron chi connectivity index (χ0n) is 16.9. The first kappa shape index (κ1) is 18.8. The maximum absolute atomic E-state index is 13.4. The van der Waals surface area contributed by atoms with Crippen LogP contribution in [0.15, 0.2) is 53.0 Å². The summed E-state index contributed by atoms with van der Waals surface area (Å²) in [7, 11) is 0. The largest absolute Gasteiger partial charge is 0.384 e. The van der Waals surface area contributed by atoms with Gasteiger partial charge in [-0.3, -0.25) is 9.69 Å². The summed E-state index contributed by atoms with van der Waals surface area (Å²) in [6.07, 6.45) is 7.06. The van der Waals surface area contributed by atoms with Crippen LogP contribution < -0.4 is 10.6 Å². The van der Waals surface area contributed by atoms with Crippen LogP contribution in [-0.2, 0) is 4.79 Å². The first-order chi connectivity index (χ1) is 13.4. The average Bonchev–Trinajstić information content (AvgIpc) is 2.67.